The molecule has 0 fully saturated rings. The molecular weight excluding hydrogens is 278 g/mol. The highest BCUT2D eigenvalue weighted by Gasteiger charge is 2.64. The molecule has 2 atom stereocenters. The van der Waals surface area contributed by atoms with Gasteiger partial charge >= 0.3 is 5.92 Å². The number of aliphatic hydroxyl groups is 2. The van der Waals surface area contributed by atoms with Gasteiger partial charge in [0.2, 0.25) is 5.60 Å². The van der Waals surface area contributed by atoms with Crippen LogP contribution in [-0.4, -0.2) is 28.3 Å². The summed E-state index contributed by atoms with van der Waals surface area (Å²) in [5.41, 5.74) is -3.22. The molecule has 0 bridgehead atoms. The van der Waals surface area contributed by atoms with Gasteiger partial charge in [-0.3, -0.25) is 0 Å². The van der Waals surface area contributed by atoms with Gasteiger partial charge in [0.25, 0.3) is 0 Å². The third-order valence-electron chi connectivity index (χ3n) is 3.32. The normalized spacial score (nSPS) is 26.9. The van der Waals surface area contributed by atoms with Crippen molar-refractivity contribution in [2.24, 2.45) is 0 Å². The summed E-state index contributed by atoms with van der Waals surface area (Å²) in [6.07, 6.45) is -2.07. The Bertz CT molecular complexity index is 596. The minimum absolute atomic E-state index is 0.00367. The average molecular weight is 296 g/mol. The van der Waals surface area contributed by atoms with Gasteiger partial charge in [-0.2, -0.15) is 8.78 Å². The first-order chi connectivity index (χ1) is 9.59. The maximum atomic E-state index is 14.2. The van der Waals surface area contributed by atoms with E-state index < -0.39 is 23.2 Å². The van der Waals surface area contributed by atoms with Crippen LogP contribution < -0.4 is 0 Å². The van der Waals surface area contributed by atoms with E-state index in [4.69, 9.17) is 4.74 Å². The standard InChI is InChI=1S/C16H18F2O3/c1-14(2,3)21-10-6-9-15(20)12-8-5-4-7-11(12)13(19)16(15,17)18/h4-5,7-8,13,19-20H,10H2,1-3H3/t13-,15+/m0/s1. The second-order valence-electron chi connectivity index (χ2n) is 6.03. The molecule has 0 heterocycles. The highest BCUT2D eigenvalue weighted by molar-refractivity contribution is 5.49. The highest BCUT2D eigenvalue weighted by atomic mass is 19.3. The summed E-state index contributed by atoms with van der Waals surface area (Å²) in [5.74, 6) is 0.834. The van der Waals surface area contributed by atoms with E-state index >= 15 is 0 Å². The number of fused-ring (bicyclic) bond motifs is 1. The van der Waals surface area contributed by atoms with Gasteiger partial charge in [-0.05, 0) is 26.3 Å². The van der Waals surface area contributed by atoms with E-state index in [0.717, 1.165) is 0 Å². The first-order valence-electron chi connectivity index (χ1n) is 6.61. The van der Waals surface area contributed by atoms with Crippen molar-refractivity contribution in [2.45, 2.75) is 44.0 Å². The third-order valence-corrected chi connectivity index (χ3v) is 3.32. The van der Waals surface area contributed by atoms with Crippen molar-refractivity contribution in [1.82, 2.24) is 0 Å². The monoisotopic (exact) mass is 296 g/mol. The van der Waals surface area contributed by atoms with E-state index in [1.54, 1.807) is 0 Å². The number of rotatable bonds is 1. The van der Waals surface area contributed by atoms with Gasteiger partial charge in [0, 0.05) is 5.56 Å². The summed E-state index contributed by atoms with van der Waals surface area (Å²) in [6.45, 7) is 5.35. The number of benzene rings is 1. The third kappa shape index (κ3) is 2.67. The molecule has 21 heavy (non-hydrogen) atoms. The summed E-state index contributed by atoms with van der Waals surface area (Å²) in [4.78, 5) is 0. The Morgan fingerprint density at radius 1 is 1.29 bits per heavy atom. The maximum absolute atomic E-state index is 14.2. The minimum Gasteiger partial charge on any atom is -0.382 e. The van der Waals surface area contributed by atoms with E-state index in [-0.39, 0.29) is 17.7 Å². The van der Waals surface area contributed by atoms with Crippen LogP contribution >= 0.6 is 0 Å². The van der Waals surface area contributed by atoms with Gasteiger partial charge < -0.3 is 14.9 Å². The first kappa shape index (κ1) is 15.9. The lowest BCUT2D eigenvalue weighted by atomic mass is 9.94. The maximum Gasteiger partial charge on any atom is 0.320 e. The fourth-order valence-electron chi connectivity index (χ4n) is 2.20. The van der Waals surface area contributed by atoms with Gasteiger partial charge in [0.1, 0.15) is 12.7 Å². The topological polar surface area (TPSA) is 49.7 Å². The molecule has 1 aromatic carbocycles. The molecule has 0 saturated carbocycles. The quantitative estimate of drug-likeness (QED) is 0.782. The molecule has 3 nitrogen and oxygen atoms in total. The molecule has 2 N–H and O–H groups in total. The van der Waals surface area contributed by atoms with Crippen LogP contribution in [0.4, 0.5) is 8.78 Å². The van der Waals surface area contributed by atoms with E-state index in [2.05, 4.69) is 11.8 Å². The molecule has 0 radical (unpaired) electrons. The number of halogens is 2. The lowest BCUT2D eigenvalue weighted by Gasteiger charge is -2.26. The number of hydrogen-bond donors (Lipinski definition) is 2. The molecule has 5 heteroatoms. The van der Waals surface area contributed by atoms with Crippen LogP contribution in [0.3, 0.4) is 0 Å². The molecule has 2 rings (SSSR count). The van der Waals surface area contributed by atoms with Gasteiger partial charge in [-0.25, -0.2) is 0 Å². The molecule has 114 valence electrons. The molecule has 0 unspecified atom stereocenters. The smallest absolute Gasteiger partial charge is 0.320 e. The number of alkyl halides is 2. The predicted molar refractivity (Wildman–Crippen MR) is 73.7 cm³/mol. The molecule has 0 spiro atoms. The molecule has 1 aromatic rings. The summed E-state index contributed by atoms with van der Waals surface area (Å²) >= 11 is 0. The Kier molecular flexibility index (Phi) is 3.83. The Balaban J connectivity index is 2.34. The minimum atomic E-state index is -3.77. The zero-order chi connectivity index (χ0) is 15.9. The van der Waals surface area contributed by atoms with Crippen LogP contribution in [0.1, 0.15) is 38.0 Å². The summed E-state index contributed by atoms with van der Waals surface area (Å²) in [5, 5.41) is 20.1. The molecule has 0 saturated heterocycles. The van der Waals surface area contributed by atoms with Crippen LogP contribution in [0.25, 0.3) is 0 Å². The van der Waals surface area contributed by atoms with Gasteiger partial charge in [-0.1, -0.05) is 36.1 Å². The van der Waals surface area contributed by atoms with Crippen molar-refractivity contribution in [3.05, 3.63) is 35.4 Å². The average Bonchev–Trinajstić information content (AvgIpc) is 2.54. The second kappa shape index (κ2) is 5.06. The van der Waals surface area contributed by atoms with E-state index in [9.17, 15) is 19.0 Å². The lowest BCUT2D eigenvalue weighted by molar-refractivity contribution is -0.197. The molecule has 1 aliphatic carbocycles. The molecule has 0 aromatic heterocycles. The van der Waals surface area contributed by atoms with Crippen molar-refractivity contribution in [3.8, 4) is 11.8 Å². The number of ether oxygens (including phenoxy) is 1. The van der Waals surface area contributed by atoms with Gasteiger partial charge in [0.15, 0.2) is 0 Å². The molecule has 0 aliphatic heterocycles. The van der Waals surface area contributed by atoms with Crippen LogP contribution in [0.5, 0.6) is 0 Å². The van der Waals surface area contributed by atoms with Crippen molar-refractivity contribution in [1.29, 1.82) is 0 Å². The Labute approximate surface area is 122 Å². The second-order valence-corrected chi connectivity index (χ2v) is 6.03. The summed E-state index contributed by atoms with van der Waals surface area (Å²) < 4.78 is 33.7. The SMILES string of the molecule is CC(C)(C)OCC#C[C@@]1(O)c2ccccc2[C@H](O)C1(F)F. The fraction of sp³-hybridized carbons (Fsp3) is 0.500. The summed E-state index contributed by atoms with van der Waals surface area (Å²) in [7, 11) is 0. The number of hydrogen-bond acceptors (Lipinski definition) is 3. The van der Waals surface area contributed by atoms with Crippen LogP contribution in [-0.2, 0) is 10.3 Å². The molecular formula is C16H18F2O3. The Hall–Kier alpha value is -1.48. The van der Waals surface area contributed by atoms with Crippen LogP contribution in [0, 0.1) is 11.8 Å². The predicted octanol–water partition coefficient (Wildman–Crippen LogP) is 2.38. The van der Waals surface area contributed by atoms with Gasteiger partial charge in [-0.15, -0.1) is 0 Å². The highest BCUT2D eigenvalue weighted by Crippen LogP contribution is 2.53. The van der Waals surface area contributed by atoms with Gasteiger partial charge in [0.05, 0.1) is 5.60 Å². The van der Waals surface area contributed by atoms with Crippen molar-refractivity contribution < 1.29 is 23.7 Å². The number of aliphatic hydroxyl groups excluding tert-OH is 1. The first-order valence-corrected chi connectivity index (χ1v) is 6.61. The lowest BCUT2D eigenvalue weighted by Crippen LogP contribution is -2.42. The van der Waals surface area contributed by atoms with Crippen LogP contribution in [0.15, 0.2) is 24.3 Å². The Morgan fingerprint density at radius 2 is 1.90 bits per heavy atom. The van der Waals surface area contributed by atoms with E-state index in [0.29, 0.717) is 0 Å². The fourth-order valence-corrected chi connectivity index (χ4v) is 2.20. The van der Waals surface area contributed by atoms with Crippen molar-refractivity contribution in [2.75, 3.05) is 6.61 Å². The van der Waals surface area contributed by atoms with Crippen LogP contribution in [0.2, 0.25) is 0 Å². The van der Waals surface area contributed by atoms with Crippen molar-refractivity contribution in [3.63, 3.8) is 0 Å². The van der Waals surface area contributed by atoms with E-state index in [1.165, 1.54) is 24.3 Å². The summed E-state index contributed by atoms with van der Waals surface area (Å²) in [6, 6.07) is 5.75. The zero-order valence-corrected chi connectivity index (χ0v) is 12.2. The largest absolute Gasteiger partial charge is 0.382 e. The molecule has 1 aliphatic rings. The van der Waals surface area contributed by atoms with Crippen molar-refractivity contribution >= 4 is 0 Å². The van der Waals surface area contributed by atoms with E-state index in [1.807, 2.05) is 20.8 Å². The molecule has 0 amide bonds. The Morgan fingerprint density at radius 3 is 2.52 bits per heavy atom. The zero-order valence-electron chi connectivity index (χ0n) is 12.2.